The first-order chi connectivity index (χ1) is 18.8. The van der Waals surface area contributed by atoms with Gasteiger partial charge in [-0.2, -0.15) is 0 Å². The minimum absolute atomic E-state index is 0.0643. The lowest BCUT2D eigenvalue weighted by Crippen LogP contribution is -2.29. The molecule has 1 aliphatic rings. The van der Waals surface area contributed by atoms with Gasteiger partial charge in [0.15, 0.2) is 11.7 Å². The highest BCUT2D eigenvalue weighted by atomic mass is 32.1. The Morgan fingerprint density at radius 2 is 1.77 bits per heavy atom. The Balaban J connectivity index is 1.41. The average Bonchev–Trinajstić information content (AvgIpc) is 3.43. The molecule has 1 amide bonds. The van der Waals surface area contributed by atoms with E-state index in [2.05, 4.69) is 58.8 Å². The van der Waals surface area contributed by atoms with Crippen LogP contribution in [0.15, 0.2) is 85.1 Å². The molecule has 2 atom stereocenters. The number of aromatic nitrogens is 2. The first kappa shape index (κ1) is 26.4. The number of amides is 1. The number of nitrogens with zero attached hydrogens (tertiary/aromatic N) is 3. The number of ether oxygens (including phenoxy) is 1. The molecule has 200 valence electrons. The van der Waals surface area contributed by atoms with E-state index in [1.165, 1.54) is 17.0 Å². The second-order valence-corrected chi connectivity index (χ2v) is 10.4. The van der Waals surface area contributed by atoms with E-state index in [-0.39, 0.29) is 24.6 Å². The van der Waals surface area contributed by atoms with Gasteiger partial charge in [0.25, 0.3) is 5.91 Å². The standard InChI is InChI=1S/C31H33N5O2S/c1-20(2)35-21(3)18-26(22(35)4)30-29(27-12-8-9-17-32-27)34-31(39)36(30)24-15-13-23(14-16-24)33-28(37)19-38-25-10-6-5-7-11-25/h5-18,20,29-30H,19H2,1-4H3,(H,33,37)(H,34,39)/t29-,30+/m0/s1. The normalized spacial score (nSPS) is 16.8. The molecule has 2 N–H and O–H groups in total. The molecule has 1 aliphatic heterocycles. The molecule has 2 aromatic heterocycles. The molecule has 0 unspecified atom stereocenters. The summed E-state index contributed by atoms with van der Waals surface area (Å²) in [6.07, 6.45) is 1.82. The van der Waals surface area contributed by atoms with Crippen LogP contribution < -0.4 is 20.3 Å². The van der Waals surface area contributed by atoms with Crippen molar-refractivity contribution in [3.63, 3.8) is 0 Å². The van der Waals surface area contributed by atoms with Crippen LogP contribution in [0.5, 0.6) is 5.75 Å². The van der Waals surface area contributed by atoms with E-state index in [0.29, 0.717) is 22.6 Å². The summed E-state index contributed by atoms with van der Waals surface area (Å²) in [6, 6.07) is 25.4. The fourth-order valence-electron chi connectivity index (χ4n) is 5.41. The number of rotatable bonds is 8. The van der Waals surface area contributed by atoms with Gasteiger partial charge in [-0.1, -0.05) is 24.3 Å². The Morgan fingerprint density at radius 1 is 1.05 bits per heavy atom. The second kappa shape index (κ2) is 11.3. The van der Waals surface area contributed by atoms with Crippen molar-refractivity contribution in [1.82, 2.24) is 14.9 Å². The lowest BCUT2D eigenvalue weighted by atomic mass is 9.96. The molecule has 1 fully saturated rings. The lowest BCUT2D eigenvalue weighted by molar-refractivity contribution is -0.118. The fourth-order valence-corrected chi connectivity index (χ4v) is 5.76. The fraction of sp³-hybridized carbons (Fsp3) is 0.258. The topological polar surface area (TPSA) is 71.4 Å². The molecule has 0 radical (unpaired) electrons. The van der Waals surface area contributed by atoms with E-state index in [1.807, 2.05) is 79.0 Å². The number of aryl methyl sites for hydroxylation is 1. The van der Waals surface area contributed by atoms with E-state index >= 15 is 0 Å². The van der Waals surface area contributed by atoms with Crippen LogP contribution in [0.25, 0.3) is 0 Å². The molecule has 0 bridgehead atoms. The molecule has 8 heteroatoms. The highest BCUT2D eigenvalue weighted by molar-refractivity contribution is 7.80. The predicted molar refractivity (Wildman–Crippen MR) is 159 cm³/mol. The minimum Gasteiger partial charge on any atom is -0.484 e. The van der Waals surface area contributed by atoms with Gasteiger partial charge < -0.3 is 24.8 Å². The third kappa shape index (κ3) is 5.52. The zero-order valence-electron chi connectivity index (χ0n) is 22.6. The molecule has 0 aliphatic carbocycles. The van der Waals surface area contributed by atoms with Crippen LogP contribution >= 0.6 is 12.2 Å². The van der Waals surface area contributed by atoms with Crippen molar-refractivity contribution in [2.45, 2.75) is 45.8 Å². The number of hydrogen-bond acceptors (Lipinski definition) is 4. The Kier molecular flexibility index (Phi) is 7.65. The number of anilines is 2. The maximum absolute atomic E-state index is 12.5. The summed E-state index contributed by atoms with van der Waals surface area (Å²) in [6.45, 7) is 8.66. The van der Waals surface area contributed by atoms with E-state index in [0.717, 1.165) is 11.4 Å². The van der Waals surface area contributed by atoms with Gasteiger partial charge in [0.1, 0.15) is 5.75 Å². The number of carbonyl (C=O) groups is 1. The first-order valence-corrected chi connectivity index (χ1v) is 13.5. The average molecular weight is 540 g/mol. The Morgan fingerprint density at radius 3 is 2.41 bits per heavy atom. The molecule has 0 saturated carbocycles. The summed E-state index contributed by atoms with van der Waals surface area (Å²) in [5.74, 6) is 0.433. The number of benzene rings is 2. The first-order valence-electron chi connectivity index (χ1n) is 13.1. The van der Waals surface area contributed by atoms with Crippen LogP contribution in [0, 0.1) is 13.8 Å². The van der Waals surface area contributed by atoms with Gasteiger partial charge in [0.2, 0.25) is 0 Å². The number of para-hydroxylation sites is 1. The highest BCUT2D eigenvalue weighted by Gasteiger charge is 2.42. The molecule has 0 spiro atoms. The molecule has 5 rings (SSSR count). The van der Waals surface area contributed by atoms with Gasteiger partial charge in [-0.25, -0.2) is 0 Å². The number of hydrogen-bond donors (Lipinski definition) is 2. The minimum atomic E-state index is -0.223. The Labute approximate surface area is 234 Å². The van der Waals surface area contributed by atoms with Crippen molar-refractivity contribution >= 4 is 34.6 Å². The predicted octanol–water partition coefficient (Wildman–Crippen LogP) is 6.28. The number of pyridine rings is 1. The van der Waals surface area contributed by atoms with Crippen molar-refractivity contribution in [1.29, 1.82) is 0 Å². The molecule has 7 nitrogen and oxygen atoms in total. The monoisotopic (exact) mass is 539 g/mol. The zero-order valence-corrected chi connectivity index (χ0v) is 23.4. The van der Waals surface area contributed by atoms with Gasteiger partial charge in [0.05, 0.1) is 17.8 Å². The van der Waals surface area contributed by atoms with Crippen LogP contribution in [0.2, 0.25) is 0 Å². The summed E-state index contributed by atoms with van der Waals surface area (Å²) in [5, 5.41) is 7.07. The Hall–Kier alpha value is -4.17. The summed E-state index contributed by atoms with van der Waals surface area (Å²) in [7, 11) is 0. The SMILES string of the molecule is Cc1cc([C@@H]2[C@H](c3ccccn3)NC(=S)N2c2ccc(NC(=O)COc3ccccc3)cc2)c(C)n1C(C)C. The van der Waals surface area contributed by atoms with Gasteiger partial charge in [-0.3, -0.25) is 9.78 Å². The van der Waals surface area contributed by atoms with Crippen LogP contribution in [-0.4, -0.2) is 27.2 Å². The van der Waals surface area contributed by atoms with Gasteiger partial charge in [-0.05, 0) is 100 Å². The summed E-state index contributed by atoms with van der Waals surface area (Å²) in [5.41, 5.74) is 6.19. The zero-order chi connectivity index (χ0) is 27.5. The maximum Gasteiger partial charge on any atom is 0.262 e. The number of carbonyl (C=O) groups excluding carboxylic acids is 1. The third-order valence-electron chi connectivity index (χ3n) is 7.00. The van der Waals surface area contributed by atoms with E-state index in [4.69, 9.17) is 17.0 Å². The van der Waals surface area contributed by atoms with Crippen molar-refractivity contribution in [2.75, 3.05) is 16.8 Å². The largest absolute Gasteiger partial charge is 0.484 e. The molecule has 4 aromatic rings. The summed E-state index contributed by atoms with van der Waals surface area (Å²) < 4.78 is 7.92. The maximum atomic E-state index is 12.5. The van der Waals surface area contributed by atoms with Crippen molar-refractivity contribution in [3.05, 3.63) is 108 Å². The van der Waals surface area contributed by atoms with E-state index in [9.17, 15) is 4.79 Å². The van der Waals surface area contributed by atoms with Crippen molar-refractivity contribution in [2.24, 2.45) is 0 Å². The summed E-state index contributed by atoms with van der Waals surface area (Å²) >= 11 is 5.89. The second-order valence-electron chi connectivity index (χ2n) is 9.98. The molecular formula is C31H33N5O2S. The van der Waals surface area contributed by atoms with Gasteiger partial charge in [-0.15, -0.1) is 0 Å². The van der Waals surface area contributed by atoms with Crippen molar-refractivity contribution in [3.8, 4) is 5.75 Å². The van der Waals surface area contributed by atoms with Gasteiger partial charge >= 0.3 is 0 Å². The smallest absolute Gasteiger partial charge is 0.262 e. The highest BCUT2D eigenvalue weighted by Crippen LogP contribution is 2.43. The molecule has 2 aromatic carbocycles. The number of thiocarbonyl (C=S) groups is 1. The molecule has 1 saturated heterocycles. The third-order valence-corrected chi connectivity index (χ3v) is 7.31. The lowest BCUT2D eigenvalue weighted by Gasteiger charge is -2.28. The van der Waals surface area contributed by atoms with Crippen LogP contribution in [-0.2, 0) is 4.79 Å². The molecule has 3 heterocycles. The van der Waals surface area contributed by atoms with E-state index < -0.39 is 0 Å². The summed E-state index contributed by atoms with van der Waals surface area (Å²) in [4.78, 5) is 19.3. The van der Waals surface area contributed by atoms with Crippen LogP contribution in [0.4, 0.5) is 11.4 Å². The quantitative estimate of drug-likeness (QED) is 0.257. The molecular weight excluding hydrogens is 506 g/mol. The van der Waals surface area contributed by atoms with Crippen LogP contribution in [0.1, 0.15) is 54.6 Å². The number of nitrogens with one attached hydrogen (secondary N) is 2. The van der Waals surface area contributed by atoms with Crippen LogP contribution in [0.3, 0.4) is 0 Å². The van der Waals surface area contributed by atoms with Gasteiger partial charge in [0, 0.05) is 35.0 Å². The van der Waals surface area contributed by atoms with E-state index in [1.54, 1.807) is 0 Å². The van der Waals surface area contributed by atoms with Crippen molar-refractivity contribution < 1.29 is 9.53 Å². The Bertz CT molecular complexity index is 1450. The molecule has 39 heavy (non-hydrogen) atoms.